The highest BCUT2D eigenvalue weighted by Crippen LogP contribution is 2.19. The third-order valence-corrected chi connectivity index (χ3v) is 2.93. The summed E-state index contributed by atoms with van der Waals surface area (Å²) in [5.41, 5.74) is 7.21. The van der Waals surface area contributed by atoms with Gasteiger partial charge in [0.05, 0.1) is 12.2 Å². The number of oxazole rings is 1. The van der Waals surface area contributed by atoms with Crippen molar-refractivity contribution in [1.29, 1.82) is 0 Å². The number of nitrogens with two attached hydrogens (primary N) is 1. The first-order valence-electron chi connectivity index (χ1n) is 6.24. The van der Waals surface area contributed by atoms with Gasteiger partial charge in [0.15, 0.2) is 0 Å². The number of hydrogen-bond acceptors (Lipinski definition) is 6. The van der Waals surface area contributed by atoms with E-state index in [1.54, 1.807) is 12.3 Å². The monoisotopic (exact) mass is 301 g/mol. The molecule has 7 heteroatoms. The predicted molar refractivity (Wildman–Crippen MR) is 80.7 cm³/mol. The van der Waals surface area contributed by atoms with Crippen LogP contribution in [-0.2, 0) is 6.54 Å². The van der Waals surface area contributed by atoms with Crippen LogP contribution in [0.25, 0.3) is 11.5 Å². The molecule has 3 N–H and O–H groups in total. The van der Waals surface area contributed by atoms with E-state index in [9.17, 15) is 0 Å². The van der Waals surface area contributed by atoms with E-state index in [0.29, 0.717) is 18.3 Å². The van der Waals surface area contributed by atoms with E-state index < -0.39 is 0 Å². The summed E-state index contributed by atoms with van der Waals surface area (Å²) in [7, 11) is 0. The van der Waals surface area contributed by atoms with Crippen molar-refractivity contribution in [1.82, 2.24) is 15.0 Å². The highest BCUT2D eigenvalue weighted by Gasteiger charge is 2.07. The molecule has 0 unspecified atom stereocenters. The number of rotatable bonds is 4. The molecule has 0 radical (unpaired) electrons. The predicted octanol–water partition coefficient (Wildman–Crippen LogP) is 2.98. The van der Waals surface area contributed by atoms with E-state index in [1.165, 1.54) is 0 Å². The number of nitrogens with zero attached hydrogens (tertiary/aromatic N) is 3. The van der Waals surface area contributed by atoms with E-state index in [2.05, 4.69) is 20.3 Å². The van der Waals surface area contributed by atoms with Crippen molar-refractivity contribution in [2.45, 2.75) is 6.54 Å². The summed E-state index contributed by atoms with van der Waals surface area (Å²) in [6.07, 6.45) is 1.60. The summed E-state index contributed by atoms with van der Waals surface area (Å²) in [6.45, 7) is 0.448. The lowest BCUT2D eigenvalue weighted by Gasteiger charge is -2.03. The molecule has 0 fully saturated rings. The zero-order valence-electron chi connectivity index (χ0n) is 11.0. The van der Waals surface area contributed by atoms with Crippen molar-refractivity contribution < 1.29 is 4.42 Å². The van der Waals surface area contributed by atoms with Crippen molar-refractivity contribution in [3.05, 3.63) is 53.5 Å². The molecule has 3 rings (SSSR count). The van der Waals surface area contributed by atoms with Gasteiger partial charge in [0, 0.05) is 11.6 Å². The molecule has 2 heterocycles. The fraction of sp³-hybridized carbons (Fsp3) is 0.0714. The Bertz CT molecular complexity index is 724. The summed E-state index contributed by atoms with van der Waals surface area (Å²) < 4.78 is 5.45. The second-order valence-electron chi connectivity index (χ2n) is 4.30. The normalized spacial score (nSPS) is 10.5. The Labute approximate surface area is 126 Å². The lowest BCUT2D eigenvalue weighted by molar-refractivity contribution is 0.573. The average molecular weight is 302 g/mol. The van der Waals surface area contributed by atoms with Gasteiger partial charge in [-0.2, -0.15) is 4.98 Å². The molecular weight excluding hydrogens is 290 g/mol. The molecule has 0 amide bonds. The SMILES string of the molecule is Nc1nc(Cl)cc(NCc2coc(-c3ccccc3)n2)n1. The maximum Gasteiger partial charge on any atom is 0.226 e. The first kappa shape index (κ1) is 13.4. The highest BCUT2D eigenvalue weighted by atomic mass is 35.5. The van der Waals surface area contributed by atoms with Crippen LogP contribution >= 0.6 is 11.6 Å². The molecule has 106 valence electrons. The fourth-order valence-corrected chi connectivity index (χ4v) is 2.00. The highest BCUT2D eigenvalue weighted by molar-refractivity contribution is 6.29. The molecule has 0 aliphatic heterocycles. The van der Waals surface area contributed by atoms with Gasteiger partial charge in [-0.3, -0.25) is 0 Å². The number of nitrogen functional groups attached to an aromatic ring is 1. The lowest BCUT2D eigenvalue weighted by atomic mass is 10.2. The van der Waals surface area contributed by atoms with Crippen LogP contribution in [0.1, 0.15) is 5.69 Å². The first-order valence-corrected chi connectivity index (χ1v) is 6.62. The Balaban J connectivity index is 1.70. The standard InChI is InChI=1S/C14H12ClN5O/c15-11-6-12(20-14(16)19-11)17-7-10-8-21-13(18-10)9-4-2-1-3-5-9/h1-6,8H,7H2,(H3,16,17,19,20). The minimum absolute atomic E-state index is 0.120. The van der Waals surface area contributed by atoms with Crippen LogP contribution < -0.4 is 11.1 Å². The summed E-state index contributed by atoms with van der Waals surface area (Å²) >= 11 is 5.81. The maximum absolute atomic E-state index is 5.81. The van der Waals surface area contributed by atoms with Crippen LogP contribution in [0.3, 0.4) is 0 Å². The molecule has 3 aromatic rings. The zero-order valence-corrected chi connectivity index (χ0v) is 11.7. The maximum atomic E-state index is 5.81. The number of benzene rings is 1. The van der Waals surface area contributed by atoms with Crippen molar-refractivity contribution in [2.75, 3.05) is 11.1 Å². The second kappa shape index (κ2) is 5.80. The topological polar surface area (TPSA) is 89.9 Å². The van der Waals surface area contributed by atoms with Gasteiger partial charge in [-0.25, -0.2) is 9.97 Å². The molecule has 0 saturated carbocycles. The van der Waals surface area contributed by atoms with Crippen LogP contribution in [0.2, 0.25) is 5.15 Å². The van der Waals surface area contributed by atoms with Gasteiger partial charge in [-0.15, -0.1) is 0 Å². The summed E-state index contributed by atoms with van der Waals surface area (Å²) in [4.78, 5) is 12.2. The van der Waals surface area contributed by atoms with Crippen LogP contribution in [0, 0.1) is 0 Å². The van der Waals surface area contributed by atoms with Gasteiger partial charge in [-0.1, -0.05) is 29.8 Å². The minimum atomic E-state index is 0.120. The zero-order chi connectivity index (χ0) is 14.7. The Morgan fingerprint density at radius 2 is 1.95 bits per heavy atom. The number of halogens is 1. The van der Waals surface area contributed by atoms with Crippen LogP contribution in [0.5, 0.6) is 0 Å². The van der Waals surface area contributed by atoms with Gasteiger partial charge in [0.1, 0.15) is 17.2 Å². The van der Waals surface area contributed by atoms with Gasteiger partial charge in [0.2, 0.25) is 11.8 Å². The van der Waals surface area contributed by atoms with Crippen molar-refractivity contribution >= 4 is 23.4 Å². The molecule has 0 bridgehead atoms. The summed E-state index contributed by atoms with van der Waals surface area (Å²) in [5, 5.41) is 3.36. The van der Waals surface area contributed by atoms with Crippen molar-refractivity contribution in [3.63, 3.8) is 0 Å². The van der Waals surface area contributed by atoms with E-state index in [1.807, 2.05) is 30.3 Å². The van der Waals surface area contributed by atoms with Gasteiger partial charge in [0.25, 0.3) is 0 Å². The third kappa shape index (κ3) is 3.29. The van der Waals surface area contributed by atoms with Crippen LogP contribution in [0.4, 0.5) is 11.8 Å². The van der Waals surface area contributed by atoms with Crippen molar-refractivity contribution in [2.24, 2.45) is 0 Å². The lowest BCUT2D eigenvalue weighted by Crippen LogP contribution is -2.04. The fourth-order valence-electron chi connectivity index (χ4n) is 1.81. The summed E-state index contributed by atoms with van der Waals surface area (Å²) in [6, 6.07) is 11.3. The van der Waals surface area contributed by atoms with E-state index >= 15 is 0 Å². The first-order chi connectivity index (χ1) is 10.2. The number of nitrogens with one attached hydrogen (secondary N) is 1. The van der Waals surface area contributed by atoms with Crippen LogP contribution in [0.15, 0.2) is 47.1 Å². The second-order valence-corrected chi connectivity index (χ2v) is 4.68. The molecule has 6 nitrogen and oxygen atoms in total. The van der Waals surface area contributed by atoms with Gasteiger partial charge < -0.3 is 15.5 Å². The Morgan fingerprint density at radius 3 is 2.71 bits per heavy atom. The van der Waals surface area contributed by atoms with Gasteiger partial charge in [-0.05, 0) is 12.1 Å². The molecular formula is C14H12ClN5O. The molecule has 0 aliphatic rings. The number of hydrogen-bond donors (Lipinski definition) is 2. The quantitative estimate of drug-likeness (QED) is 0.720. The van der Waals surface area contributed by atoms with Crippen molar-refractivity contribution in [3.8, 4) is 11.5 Å². The molecule has 0 atom stereocenters. The molecule has 0 spiro atoms. The smallest absolute Gasteiger partial charge is 0.226 e. The van der Waals surface area contributed by atoms with Crippen LogP contribution in [-0.4, -0.2) is 15.0 Å². The minimum Gasteiger partial charge on any atom is -0.444 e. The Hall–Kier alpha value is -2.60. The Morgan fingerprint density at radius 1 is 1.14 bits per heavy atom. The van der Waals surface area contributed by atoms with Gasteiger partial charge >= 0.3 is 0 Å². The molecule has 1 aromatic carbocycles. The Kier molecular flexibility index (Phi) is 3.70. The molecule has 21 heavy (non-hydrogen) atoms. The average Bonchev–Trinajstić information content (AvgIpc) is 2.94. The largest absolute Gasteiger partial charge is 0.444 e. The number of aromatic nitrogens is 3. The third-order valence-electron chi connectivity index (χ3n) is 2.74. The summed E-state index contributed by atoms with van der Waals surface area (Å²) in [5.74, 6) is 1.24. The molecule has 0 saturated heterocycles. The molecule has 0 aliphatic carbocycles. The molecule has 2 aromatic heterocycles. The van der Waals surface area contributed by atoms with E-state index in [4.69, 9.17) is 21.8 Å². The van der Waals surface area contributed by atoms with E-state index in [-0.39, 0.29) is 11.1 Å². The number of anilines is 2. The van der Waals surface area contributed by atoms with E-state index in [0.717, 1.165) is 11.3 Å².